The summed E-state index contributed by atoms with van der Waals surface area (Å²) in [6, 6.07) is 2.10. The molecule has 0 bridgehead atoms. The van der Waals surface area contributed by atoms with Gasteiger partial charge in [-0.1, -0.05) is 13.8 Å². The van der Waals surface area contributed by atoms with Gasteiger partial charge in [0.15, 0.2) is 0 Å². The molecule has 1 aromatic rings. The number of nitrogens with one attached hydrogen (secondary N) is 2. The molecule has 0 amide bonds. The van der Waals surface area contributed by atoms with Crippen LogP contribution in [0.1, 0.15) is 20.8 Å². The molecule has 0 aliphatic carbocycles. The highest BCUT2D eigenvalue weighted by Gasteiger charge is 1.99. The molecule has 1 aromatic heterocycles. The summed E-state index contributed by atoms with van der Waals surface area (Å²) in [7, 11) is 0. The van der Waals surface area contributed by atoms with E-state index in [1.54, 1.807) is 0 Å². The Morgan fingerprint density at radius 2 is 1.71 bits per heavy atom. The molecule has 0 radical (unpaired) electrons. The molecule has 0 saturated heterocycles. The third-order valence-corrected chi connectivity index (χ3v) is 2.77. The van der Waals surface area contributed by atoms with Gasteiger partial charge in [-0.2, -0.15) is 0 Å². The van der Waals surface area contributed by atoms with Crippen LogP contribution in [0.3, 0.4) is 0 Å². The maximum Gasteiger partial charge on any atom is 0.0547 e. The Hall–Kier alpha value is -1.29. The van der Waals surface area contributed by atoms with Crippen LogP contribution in [0.25, 0.3) is 0 Å². The number of nitrogens with zero attached hydrogens (tertiary/aromatic N) is 2. The lowest BCUT2D eigenvalue weighted by atomic mass is 10.3. The lowest BCUT2D eigenvalue weighted by Crippen LogP contribution is -2.28. The van der Waals surface area contributed by atoms with E-state index < -0.39 is 0 Å². The van der Waals surface area contributed by atoms with Crippen molar-refractivity contribution < 1.29 is 0 Å². The lowest BCUT2D eigenvalue weighted by Gasteiger charge is -2.18. The topological polar surface area (TPSA) is 40.2 Å². The van der Waals surface area contributed by atoms with Crippen molar-refractivity contribution in [2.45, 2.75) is 20.8 Å². The zero-order valence-electron chi connectivity index (χ0n) is 11.2. The summed E-state index contributed by atoms with van der Waals surface area (Å²) in [4.78, 5) is 6.60. The number of pyridine rings is 1. The van der Waals surface area contributed by atoms with Gasteiger partial charge < -0.3 is 15.5 Å². The highest BCUT2D eigenvalue weighted by molar-refractivity contribution is 5.53. The first-order valence-corrected chi connectivity index (χ1v) is 6.45. The fraction of sp³-hybridized carbons (Fsp3) is 0.615. The lowest BCUT2D eigenvalue weighted by molar-refractivity contribution is 0.316. The van der Waals surface area contributed by atoms with Gasteiger partial charge in [0.05, 0.1) is 23.8 Å². The highest BCUT2D eigenvalue weighted by Crippen LogP contribution is 2.12. The molecule has 4 heteroatoms. The molecular weight excluding hydrogens is 212 g/mol. The molecule has 0 fully saturated rings. The van der Waals surface area contributed by atoms with Gasteiger partial charge in [-0.3, -0.25) is 4.98 Å². The van der Waals surface area contributed by atoms with E-state index in [-0.39, 0.29) is 0 Å². The van der Waals surface area contributed by atoms with Gasteiger partial charge in [0, 0.05) is 19.6 Å². The molecule has 1 rings (SSSR count). The monoisotopic (exact) mass is 236 g/mol. The summed E-state index contributed by atoms with van der Waals surface area (Å²) in [6.07, 6.45) is 3.71. The molecule has 0 atom stereocenters. The third-order valence-electron chi connectivity index (χ3n) is 2.77. The number of rotatable bonds is 8. The zero-order chi connectivity index (χ0) is 12.5. The zero-order valence-corrected chi connectivity index (χ0v) is 11.2. The van der Waals surface area contributed by atoms with Crippen LogP contribution in [0.15, 0.2) is 18.5 Å². The average molecular weight is 236 g/mol. The van der Waals surface area contributed by atoms with Crippen molar-refractivity contribution in [3.05, 3.63) is 18.5 Å². The molecule has 1 heterocycles. The van der Waals surface area contributed by atoms with E-state index in [1.165, 1.54) is 0 Å². The first-order chi connectivity index (χ1) is 8.30. The van der Waals surface area contributed by atoms with Gasteiger partial charge in [-0.15, -0.1) is 0 Å². The predicted molar refractivity (Wildman–Crippen MR) is 74.7 cm³/mol. The molecule has 0 aliphatic rings. The van der Waals surface area contributed by atoms with Gasteiger partial charge >= 0.3 is 0 Å². The normalized spacial score (nSPS) is 10.6. The fourth-order valence-electron chi connectivity index (χ4n) is 1.74. The maximum atomic E-state index is 4.20. The first-order valence-electron chi connectivity index (χ1n) is 6.45. The Morgan fingerprint density at radius 3 is 2.29 bits per heavy atom. The molecule has 96 valence electrons. The molecule has 4 nitrogen and oxygen atoms in total. The third kappa shape index (κ3) is 5.04. The molecule has 17 heavy (non-hydrogen) atoms. The second-order valence-corrected chi connectivity index (χ2v) is 3.95. The number of aromatic nitrogens is 1. The van der Waals surface area contributed by atoms with Crippen molar-refractivity contribution in [3.63, 3.8) is 0 Å². The Labute approximate surface area is 104 Å². The SMILES string of the molecule is CCNc1cncc(NCCN(CC)CC)c1. The van der Waals surface area contributed by atoms with Crippen LogP contribution in [-0.4, -0.2) is 42.6 Å². The van der Waals surface area contributed by atoms with E-state index in [0.29, 0.717) is 0 Å². The molecular formula is C13H24N4. The van der Waals surface area contributed by atoms with Gasteiger partial charge in [0.2, 0.25) is 0 Å². The Bertz CT molecular complexity index is 310. The second-order valence-electron chi connectivity index (χ2n) is 3.95. The van der Waals surface area contributed by atoms with Crippen molar-refractivity contribution in [2.75, 3.05) is 43.4 Å². The van der Waals surface area contributed by atoms with Crippen molar-refractivity contribution in [1.82, 2.24) is 9.88 Å². The van der Waals surface area contributed by atoms with Crippen molar-refractivity contribution in [1.29, 1.82) is 0 Å². The number of hydrogen-bond acceptors (Lipinski definition) is 4. The Balaban J connectivity index is 2.38. The van der Waals surface area contributed by atoms with Crippen LogP contribution in [0, 0.1) is 0 Å². The number of anilines is 2. The summed E-state index contributed by atoms with van der Waals surface area (Å²) in [5.41, 5.74) is 2.15. The van der Waals surface area contributed by atoms with Crippen molar-refractivity contribution in [2.24, 2.45) is 0 Å². The minimum absolute atomic E-state index is 0.921. The largest absolute Gasteiger partial charge is 0.384 e. The van der Waals surface area contributed by atoms with E-state index >= 15 is 0 Å². The van der Waals surface area contributed by atoms with Crippen LogP contribution in [0.5, 0.6) is 0 Å². The van der Waals surface area contributed by atoms with Crippen molar-refractivity contribution >= 4 is 11.4 Å². The van der Waals surface area contributed by atoms with Crippen molar-refractivity contribution in [3.8, 4) is 0 Å². The van der Waals surface area contributed by atoms with Gasteiger partial charge in [-0.25, -0.2) is 0 Å². The van der Waals surface area contributed by atoms with E-state index in [2.05, 4.69) is 47.4 Å². The molecule has 0 aromatic carbocycles. The van der Waals surface area contributed by atoms with Gasteiger partial charge in [-0.05, 0) is 26.1 Å². The summed E-state index contributed by atoms with van der Waals surface area (Å²) in [6.45, 7) is 11.6. The fourth-order valence-corrected chi connectivity index (χ4v) is 1.74. The summed E-state index contributed by atoms with van der Waals surface area (Å²) >= 11 is 0. The van der Waals surface area contributed by atoms with E-state index in [1.807, 2.05) is 12.4 Å². The summed E-state index contributed by atoms with van der Waals surface area (Å²) in [5.74, 6) is 0. The molecule has 0 spiro atoms. The smallest absolute Gasteiger partial charge is 0.0547 e. The van der Waals surface area contributed by atoms with Crippen LogP contribution in [0.4, 0.5) is 11.4 Å². The number of hydrogen-bond donors (Lipinski definition) is 2. The van der Waals surface area contributed by atoms with Crippen LogP contribution in [-0.2, 0) is 0 Å². The predicted octanol–water partition coefficient (Wildman–Crippen LogP) is 2.27. The number of likely N-dealkylation sites (N-methyl/N-ethyl adjacent to an activating group) is 1. The standard InChI is InChI=1S/C13H24N4/c1-4-15-12-9-13(11-14-10-12)16-7-8-17(5-2)6-3/h9-11,15-16H,4-8H2,1-3H3. The van der Waals surface area contributed by atoms with E-state index in [0.717, 1.165) is 44.1 Å². The highest BCUT2D eigenvalue weighted by atomic mass is 15.1. The average Bonchev–Trinajstić information content (AvgIpc) is 2.36. The van der Waals surface area contributed by atoms with Gasteiger partial charge in [0.1, 0.15) is 0 Å². The first kappa shape index (κ1) is 13.8. The summed E-state index contributed by atoms with van der Waals surface area (Å²) in [5, 5.41) is 6.65. The van der Waals surface area contributed by atoms with E-state index in [9.17, 15) is 0 Å². The van der Waals surface area contributed by atoms with Crippen LogP contribution in [0.2, 0.25) is 0 Å². The Morgan fingerprint density at radius 1 is 1.06 bits per heavy atom. The molecule has 0 unspecified atom stereocenters. The second kappa shape index (κ2) is 7.90. The summed E-state index contributed by atoms with van der Waals surface area (Å²) < 4.78 is 0. The minimum atomic E-state index is 0.921. The van der Waals surface area contributed by atoms with E-state index in [4.69, 9.17) is 0 Å². The Kier molecular flexibility index (Phi) is 6.40. The molecule has 0 saturated carbocycles. The van der Waals surface area contributed by atoms with Crippen LogP contribution < -0.4 is 10.6 Å². The minimum Gasteiger partial charge on any atom is -0.384 e. The maximum absolute atomic E-state index is 4.20. The molecule has 2 N–H and O–H groups in total. The quantitative estimate of drug-likeness (QED) is 0.726. The van der Waals surface area contributed by atoms with Crippen LogP contribution >= 0.6 is 0 Å². The molecule has 0 aliphatic heterocycles. The van der Waals surface area contributed by atoms with Gasteiger partial charge in [0.25, 0.3) is 0 Å².